The van der Waals surface area contributed by atoms with Crippen LogP contribution in [0.5, 0.6) is 0 Å². The van der Waals surface area contributed by atoms with Gasteiger partial charge in [-0.2, -0.15) is 0 Å². The third kappa shape index (κ3) is 3.39. The SMILES string of the molecule is O=C(CC1CC1)N1CC(C(=O)N2CCCN(C3CCC3)CC2)C1. The van der Waals surface area contributed by atoms with E-state index in [9.17, 15) is 9.59 Å². The second-order valence-electron chi connectivity index (χ2n) is 7.94. The van der Waals surface area contributed by atoms with Crippen molar-refractivity contribution in [3.8, 4) is 0 Å². The number of carbonyl (C=O) groups is 2. The van der Waals surface area contributed by atoms with Crippen LogP contribution in [0.3, 0.4) is 0 Å². The summed E-state index contributed by atoms with van der Waals surface area (Å²) in [5, 5.41) is 0. The topological polar surface area (TPSA) is 43.9 Å². The lowest BCUT2D eigenvalue weighted by atomic mass is 9.91. The zero-order chi connectivity index (χ0) is 15.8. The Balaban J connectivity index is 1.22. The van der Waals surface area contributed by atoms with Crippen molar-refractivity contribution in [2.24, 2.45) is 11.8 Å². The number of rotatable bonds is 4. The van der Waals surface area contributed by atoms with E-state index in [1.54, 1.807) is 0 Å². The smallest absolute Gasteiger partial charge is 0.229 e. The summed E-state index contributed by atoms with van der Waals surface area (Å²) in [6.07, 6.45) is 8.29. The number of likely N-dealkylation sites (tertiary alicyclic amines) is 1. The van der Waals surface area contributed by atoms with Crippen LogP contribution in [-0.2, 0) is 9.59 Å². The van der Waals surface area contributed by atoms with Crippen LogP contribution >= 0.6 is 0 Å². The molecule has 2 aliphatic heterocycles. The molecule has 0 N–H and O–H groups in total. The van der Waals surface area contributed by atoms with E-state index in [1.165, 1.54) is 32.1 Å². The molecular weight excluding hydrogens is 290 g/mol. The highest BCUT2D eigenvalue weighted by Gasteiger charge is 2.39. The Morgan fingerprint density at radius 3 is 2.26 bits per heavy atom. The fourth-order valence-electron chi connectivity index (χ4n) is 4.07. The van der Waals surface area contributed by atoms with Gasteiger partial charge in [0.1, 0.15) is 0 Å². The first-order valence-electron chi connectivity index (χ1n) is 9.51. The molecule has 23 heavy (non-hydrogen) atoms. The van der Waals surface area contributed by atoms with Crippen molar-refractivity contribution >= 4 is 11.8 Å². The molecule has 2 aliphatic carbocycles. The summed E-state index contributed by atoms with van der Waals surface area (Å²) in [5.74, 6) is 1.26. The summed E-state index contributed by atoms with van der Waals surface area (Å²) in [7, 11) is 0. The van der Waals surface area contributed by atoms with Crippen LogP contribution in [0.1, 0.15) is 44.9 Å². The Labute approximate surface area is 139 Å². The zero-order valence-electron chi connectivity index (χ0n) is 14.1. The third-order valence-electron chi connectivity index (χ3n) is 6.18. The molecule has 2 heterocycles. The van der Waals surface area contributed by atoms with E-state index < -0.39 is 0 Å². The van der Waals surface area contributed by atoms with Gasteiger partial charge in [-0.1, -0.05) is 6.42 Å². The highest BCUT2D eigenvalue weighted by molar-refractivity contribution is 5.84. The van der Waals surface area contributed by atoms with E-state index in [2.05, 4.69) is 9.80 Å². The lowest BCUT2D eigenvalue weighted by Gasteiger charge is -2.41. The number of amides is 2. The van der Waals surface area contributed by atoms with Crippen LogP contribution in [0.15, 0.2) is 0 Å². The average Bonchev–Trinajstić information content (AvgIpc) is 3.22. The van der Waals surface area contributed by atoms with Gasteiger partial charge in [0.2, 0.25) is 11.8 Å². The van der Waals surface area contributed by atoms with Gasteiger partial charge >= 0.3 is 0 Å². The first kappa shape index (κ1) is 15.4. The van der Waals surface area contributed by atoms with Gasteiger partial charge in [0.05, 0.1) is 5.92 Å². The largest absolute Gasteiger partial charge is 0.341 e. The van der Waals surface area contributed by atoms with Crippen molar-refractivity contribution in [3.63, 3.8) is 0 Å². The van der Waals surface area contributed by atoms with Crippen LogP contribution in [-0.4, -0.2) is 71.8 Å². The van der Waals surface area contributed by atoms with Crippen molar-refractivity contribution in [3.05, 3.63) is 0 Å². The molecule has 2 amide bonds. The second-order valence-corrected chi connectivity index (χ2v) is 7.94. The molecule has 128 valence electrons. The predicted molar refractivity (Wildman–Crippen MR) is 87.8 cm³/mol. The van der Waals surface area contributed by atoms with Gasteiger partial charge in [-0.3, -0.25) is 14.5 Å². The summed E-state index contributed by atoms with van der Waals surface area (Å²) in [6, 6.07) is 0.782. The average molecular weight is 319 g/mol. The molecule has 0 radical (unpaired) electrons. The normalized spacial score (nSPS) is 27.3. The minimum Gasteiger partial charge on any atom is -0.341 e. The lowest BCUT2D eigenvalue weighted by Crippen LogP contribution is -2.56. The van der Waals surface area contributed by atoms with Crippen molar-refractivity contribution in [1.82, 2.24) is 14.7 Å². The Bertz CT molecular complexity index is 467. The molecule has 5 heteroatoms. The number of hydrogen-bond acceptors (Lipinski definition) is 3. The maximum Gasteiger partial charge on any atom is 0.229 e. The molecular formula is C18H29N3O2. The predicted octanol–water partition coefficient (Wildman–Crippen LogP) is 1.33. The Morgan fingerprint density at radius 2 is 1.61 bits per heavy atom. The number of carbonyl (C=O) groups excluding carboxylic acids is 2. The molecule has 0 bridgehead atoms. The zero-order valence-corrected chi connectivity index (χ0v) is 14.1. The molecule has 0 atom stereocenters. The summed E-state index contributed by atoms with van der Waals surface area (Å²) >= 11 is 0. The summed E-state index contributed by atoms with van der Waals surface area (Å²) in [4.78, 5) is 31.2. The summed E-state index contributed by atoms with van der Waals surface area (Å²) in [5.41, 5.74) is 0. The van der Waals surface area contributed by atoms with Crippen molar-refractivity contribution in [1.29, 1.82) is 0 Å². The second kappa shape index (κ2) is 6.42. The number of hydrogen-bond donors (Lipinski definition) is 0. The van der Waals surface area contributed by atoms with Gasteiger partial charge in [-0.25, -0.2) is 0 Å². The molecule has 0 aromatic carbocycles. The maximum absolute atomic E-state index is 12.7. The van der Waals surface area contributed by atoms with Gasteiger partial charge in [0.15, 0.2) is 0 Å². The highest BCUT2D eigenvalue weighted by atomic mass is 16.2. The molecule has 2 saturated heterocycles. The van der Waals surface area contributed by atoms with Gasteiger partial charge in [-0.05, 0) is 38.0 Å². The van der Waals surface area contributed by atoms with Crippen LogP contribution < -0.4 is 0 Å². The first-order chi connectivity index (χ1) is 11.2. The first-order valence-corrected chi connectivity index (χ1v) is 9.51. The van der Waals surface area contributed by atoms with E-state index in [0.717, 1.165) is 38.6 Å². The fraction of sp³-hybridized carbons (Fsp3) is 0.889. The minimum absolute atomic E-state index is 0.0633. The van der Waals surface area contributed by atoms with Crippen LogP contribution in [0.25, 0.3) is 0 Å². The fourth-order valence-corrected chi connectivity index (χ4v) is 4.07. The lowest BCUT2D eigenvalue weighted by molar-refractivity contribution is -0.148. The molecule has 2 saturated carbocycles. The van der Waals surface area contributed by atoms with Crippen LogP contribution in [0.2, 0.25) is 0 Å². The van der Waals surface area contributed by atoms with Gasteiger partial charge in [-0.15, -0.1) is 0 Å². The minimum atomic E-state index is 0.0633. The van der Waals surface area contributed by atoms with Crippen molar-refractivity contribution in [2.75, 3.05) is 39.3 Å². The van der Waals surface area contributed by atoms with Crippen LogP contribution in [0, 0.1) is 11.8 Å². The molecule has 0 aromatic heterocycles. The van der Waals surface area contributed by atoms with Crippen molar-refractivity contribution in [2.45, 2.75) is 51.0 Å². The van der Waals surface area contributed by atoms with Crippen LogP contribution in [0.4, 0.5) is 0 Å². The maximum atomic E-state index is 12.7. The molecule has 0 unspecified atom stereocenters. The quantitative estimate of drug-likeness (QED) is 0.785. The van der Waals surface area contributed by atoms with Gasteiger partial charge in [0, 0.05) is 51.7 Å². The molecule has 4 rings (SSSR count). The van der Waals surface area contributed by atoms with E-state index in [0.29, 0.717) is 25.4 Å². The van der Waals surface area contributed by atoms with Gasteiger partial charge < -0.3 is 9.80 Å². The van der Waals surface area contributed by atoms with E-state index >= 15 is 0 Å². The van der Waals surface area contributed by atoms with Crippen molar-refractivity contribution < 1.29 is 9.59 Å². The standard InChI is InChI=1S/C18H29N3O2/c22-17(11-14-5-6-14)21-12-15(13-21)18(23)20-8-2-7-19(9-10-20)16-3-1-4-16/h14-16H,1-13H2. The molecule has 5 nitrogen and oxygen atoms in total. The Hall–Kier alpha value is -1.10. The highest BCUT2D eigenvalue weighted by Crippen LogP contribution is 2.34. The Morgan fingerprint density at radius 1 is 0.826 bits per heavy atom. The van der Waals surface area contributed by atoms with E-state index in [4.69, 9.17) is 0 Å². The number of nitrogens with zero attached hydrogens (tertiary/aromatic N) is 3. The molecule has 4 fully saturated rings. The van der Waals surface area contributed by atoms with Gasteiger partial charge in [0.25, 0.3) is 0 Å². The van der Waals surface area contributed by atoms with E-state index in [-0.39, 0.29) is 17.7 Å². The summed E-state index contributed by atoms with van der Waals surface area (Å²) in [6.45, 7) is 5.27. The monoisotopic (exact) mass is 319 g/mol. The summed E-state index contributed by atoms with van der Waals surface area (Å²) < 4.78 is 0. The molecule has 0 aromatic rings. The Kier molecular flexibility index (Phi) is 4.31. The third-order valence-corrected chi connectivity index (χ3v) is 6.18. The molecule has 0 spiro atoms. The van der Waals surface area contributed by atoms with E-state index in [1.807, 2.05) is 4.90 Å². The molecule has 4 aliphatic rings.